The molecule has 36 heavy (non-hydrogen) atoms. The SMILES string of the molecule is NS(=O)(=O)c1ccc(CCNC(C(=O)c2c[nH]c3cc(-n4ccnc4)ccc23)c2ccccc2)cc1. The Morgan fingerprint density at radius 3 is 2.53 bits per heavy atom. The number of hydrogen-bond donors (Lipinski definition) is 3. The summed E-state index contributed by atoms with van der Waals surface area (Å²) in [6.07, 6.45) is 7.69. The molecule has 1 unspecified atom stereocenters. The van der Waals surface area contributed by atoms with Gasteiger partial charge in [-0.15, -0.1) is 0 Å². The minimum absolute atomic E-state index is 0.0348. The minimum atomic E-state index is -3.73. The number of primary sulfonamides is 1. The maximum atomic E-state index is 13.8. The molecule has 3 aromatic carbocycles. The van der Waals surface area contributed by atoms with Gasteiger partial charge in [-0.25, -0.2) is 18.5 Å². The third-order valence-electron chi connectivity index (χ3n) is 6.14. The Morgan fingerprint density at radius 2 is 1.83 bits per heavy atom. The van der Waals surface area contributed by atoms with Crippen LogP contribution in [-0.4, -0.2) is 35.3 Å². The number of ketones is 1. The van der Waals surface area contributed by atoms with Gasteiger partial charge < -0.3 is 14.9 Å². The zero-order valence-corrected chi connectivity index (χ0v) is 20.2. The molecule has 0 fully saturated rings. The van der Waals surface area contributed by atoms with Crippen LogP contribution >= 0.6 is 0 Å². The van der Waals surface area contributed by atoms with Gasteiger partial charge in [-0.1, -0.05) is 48.5 Å². The Bertz CT molecular complexity index is 1590. The lowest BCUT2D eigenvalue weighted by Gasteiger charge is -2.18. The van der Waals surface area contributed by atoms with Crippen LogP contribution in [0.1, 0.15) is 27.5 Å². The van der Waals surface area contributed by atoms with E-state index in [2.05, 4.69) is 15.3 Å². The van der Waals surface area contributed by atoms with Crippen molar-refractivity contribution in [1.29, 1.82) is 0 Å². The average molecular weight is 500 g/mol. The monoisotopic (exact) mass is 499 g/mol. The largest absolute Gasteiger partial charge is 0.360 e. The molecule has 182 valence electrons. The van der Waals surface area contributed by atoms with Gasteiger partial charge >= 0.3 is 0 Å². The molecule has 0 bridgehead atoms. The van der Waals surface area contributed by atoms with Gasteiger partial charge in [0.05, 0.1) is 17.3 Å². The number of hydrogen-bond acceptors (Lipinski definition) is 5. The normalized spacial score (nSPS) is 12.6. The standard InChI is InChI=1S/C27H25N5O3S/c28-36(34,35)22-9-6-19(7-10-22)12-13-30-26(20-4-2-1-3-5-20)27(33)24-17-31-25-16-21(8-11-23(24)25)32-15-14-29-18-32/h1-11,14-18,26,30-31H,12-13H2,(H2,28,34,35). The van der Waals surface area contributed by atoms with E-state index in [4.69, 9.17) is 5.14 Å². The lowest BCUT2D eigenvalue weighted by atomic mass is 9.96. The molecule has 2 heterocycles. The minimum Gasteiger partial charge on any atom is -0.360 e. The van der Waals surface area contributed by atoms with Crippen LogP contribution in [0.2, 0.25) is 0 Å². The van der Waals surface area contributed by atoms with Crippen LogP contribution in [0.15, 0.2) is 103 Å². The van der Waals surface area contributed by atoms with E-state index in [1.54, 1.807) is 30.9 Å². The molecular formula is C27H25N5O3S. The van der Waals surface area contributed by atoms with Gasteiger partial charge in [0.1, 0.15) is 0 Å². The number of nitrogens with zero attached hydrogens (tertiary/aromatic N) is 2. The molecule has 0 radical (unpaired) electrons. The molecule has 0 aliphatic rings. The quantitative estimate of drug-likeness (QED) is 0.267. The molecule has 5 rings (SSSR count). The molecule has 8 nitrogen and oxygen atoms in total. The van der Waals surface area contributed by atoms with Crippen LogP contribution in [0.25, 0.3) is 16.6 Å². The predicted octanol–water partition coefficient (Wildman–Crippen LogP) is 3.76. The second-order valence-electron chi connectivity index (χ2n) is 8.50. The number of sulfonamides is 1. The molecule has 0 saturated carbocycles. The molecule has 5 aromatic rings. The summed E-state index contributed by atoms with van der Waals surface area (Å²) >= 11 is 0. The number of H-pyrrole nitrogens is 1. The third-order valence-corrected chi connectivity index (χ3v) is 7.07. The van der Waals surface area contributed by atoms with E-state index in [9.17, 15) is 13.2 Å². The highest BCUT2D eigenvalue weighted by Gasteiger charge is 2.24. The number of aromatic nitrogens is 3. The molecule has 1 atom stereocenters. The second kappa shape index (κ2) is 9.90. The highest BCUT2D eigenvalue weighted by atomic mass is 32.2. The highest BCUT2D eigenvalue weighted by molar-refractivity contribution is 7.89. The van der Waals surface area contributed by atoms with Gasteiger partial charge in [0, 0.05) is 47.3 Å². The van der Waals surface area contributed by atoms with Gasteiger partial charge in [0.25, 0.3) is 0 Å². The number of carbonyl (C=O) groups is 1. The Kier molecular flexibility index (Phi) is 6.51. The van der Waals surface area contributed by atoms with Crippen LogP contribution in [-0.2, 0) is 16.4 Å². The Balaban J connectivity index is 1.37. The fourth-order valence-corrected chi connectivity index (χ4v) is 4.78. The summed E-state index contributed by atoms with van der Waals surface area (Å²) in [5, 5.41) is 9.43. The van der Waals surface area contributed by atoms with Crippen LogP contribution in [0.5, 0.6) is 0 Å². The number of aromatic amines is 1. The number of nitrogens with one attached hydrogen (secondary N) is 2. The number of benzene rings is 3. The first kappa shape index (κ1) is 23.7. The lowest BCUT2D eigenvalue weighted by molar-refractivity contribution is 0.0945. The van der Waals surface area contributed by atoms with Crippen LogP contribution in [0.3, 0.4) is 0 Å². The fourth-order valence-electron chi connectivity index (χ4n) is 4.26. The van der Waals surface area contributed by atoms with Crippen LogP contribution in [0.4, 0.5) is 0 Å². The first-order valence-corrected chi connectivity index (χ1v) is 13.0. The van der Waals surface area contributed by atoms with Crippen molar-refractivity contribution in [2.24, 2.45) is 5.14 Å². The molecular weight excluding hydrogens is 474 g/mol. The predicted molar refractivity (Wildman–Crippen MR) is 138 cm³/mol. The summed E-state index contributed by atoms with van der Waals surface area (Å²) in [5.74, 6) is -0.0348. The lowest BCUT2D eigenvalue weighted by Crippen LogP contribution is -2.30. The highest BCUT2D eigenvalue weighted by Crippen LogP contribution is 2.26. The Hall–Kier alpha value is -4.05. The number of imidazole rings is 1. The maximum absolute atomic E-state index is 13.8. The number of carbonyl (C=O) groups excluding carboxylic acids is 1. The van der Waals surface area contributed by atoms with Crippen molar-refractivity contribution in [1.82, 2.24) is 19.9 Å². The van der Waals surface area contributed by atoms with Crippen molar-refractivity contribution < 1.29 is 13.2 Å². The first-order chi connectivity index (χ1) is 17.4. The molecule has 2 aromatic heterocycles. The number of fused-ring (bicyclic) bond motifs is 1. The molecule has 9 heteroatoms. The summed E-state index contributed by atoms with van der Waals surface area (Å²) in [4.78, 5) is 21.2. The zero-order valence-electron chi connectivity index (χ0n) is 19.3. The molecule has 0 amide bonds. The van der Waals surface area contributed by atoms with Gasteiger partial charge in [-0.05, 0) is 41.8 Å². The van der Waals surface area contributed by atoms with E-state index in [0.29, 0.717) is 18.5 Å². The Labute approximate surface area is 208 Å². The van der Waals surface area contributed by atoms with Crippen molar-refractivity contribution in [2.45, 2.75) is 17.4 Å². The summed E-state index contributed by atoms with van der Waals surface area (Å²) < 4.78 is 24.9. The van der Waals surface area contributed by atoms with E-state index in [1.807, 2.05) is 59.3 Å². The zero-order chi connectivity index (χ0) is 25.1. The van der Waals surface area contributed by atoms with Crippen molar-refractivity contribution in [3.63, 3.8) is 0 Å². The molecule has 0 aliphatic heterocycles. The smallest absolute Gasteiger partial charge is 0.238 e. The second-order valence-corrected chi connectivity index (χ2v) is 10.1. The Morgan fingerprint density at radius 1 is 1.06 bits per heavy atom. The number of rotatable bonds is 9. The van der Waals surface area contributed by atoms with E-state index in [1.165, 1.54) is 12.1 Å². The van der Waals surface area contributed by atoms with Gasteiger partial charge in [-0.3, -0.25) is 4.79 Å². The molecule has 0 aliphatic carbocycles. The molecule has 4 N–H and O–H groups in total. The van der Waals surface area contributed by atoms with Crippen molar-refractivity contribution in [3.8, 4) is 5.69 Å². The first-order valence-electron chi connectivity index (χ1n) is 11.4. The number of nitrogens with two attached hydrogens (primary N) is 1. The van der Waals surface area contributed by atoms with Crippen LogP contribution in [0, 0.1) is 0 Å². The van der Waals surface area contributed by atoms with Crippen molar-refractivity contribution in [2.75, 3.05) is 6.54 Å². The average Bonchev–Trinajstić information content (AvgIpc) is 3.57. The van der Waals surface area contributed by atoms with Crippen LogP contribution < -0.4 is 10.5 Å². The summed E-state index contributed by atoms with van der Waals surface area (Å²) in [5.41, 5.74) is 4.24. The maximum Gasteiger partial charge on any atom is 0.238 e. The number of Topliss-reactive ketones (excluding diaryl/α,β-unsaturated/α-hetero) is 1. The topological polar surface area (TPSA) is 123 Å². The summed E-state index contributed by atoms with van der Waals surface area (Å²) in [7, 11) is -3.73. The van der Waals surface area contributed by atoms with Crippen molar-refractivity contribution >= 4 is 26.7 Å². The third kappa shape index (κ3) is 4.99. The van der Waals surface area contributed by atoms with Gasteiger partial charge in [-0.2, -0.15) is 0 Å². The fraction of sp³-hybridized carbons (Fsp3) is 0.111. The van der Waals surface area contributed by atoms with Crippen molar-refractivity contribution in [3.05, 3.63) is 114 Å². The van der Waals surface area contributed by atoms with E-state index in [0.717, 1.165) is 27.7 Å². The van der Waals surface area contributed by atoms with E-state index in [-0.39, 0.29) is 10.7 Å². The van der Waals surface area contributed by atoms with Gasteiger partial charge in [0.15, 0.2) is 5.78 Å². The summed E-state index contributed by atoms with van der Waals surface area (Å²) in [6, 6.07) is 21.4. The van der Waals surface area contributed by atoms with E-state index < -0.39 is 16.1 Å². The van der Waals surface area contributed by atoms with E-state index >= 15 is 0 Å². The van der Waals surface area contributed by atoms with Gasteiger partial charge in [0.2, 0.25) is 10.0 Å². The molecule has 0 saturated heterocycles. The summed E-state index contributed by atoms with van der Waals surface area (Å²) in [6.45, 7) is 0.521. The molecule has 0 spiro atoms.